The number of benzene rings is 1. The van der Waals surface area contributed by atoms with E-state index in [0.29, 0.717) is 50.5 Å². The highest BCUT2D eigenvalue weighted by Gasteiger charge is 2.42. The molecule has 2 heterocycles. The lowest BCUT2D eigenvalue weighted by molar-refractivity contribution is -0.138. The standard InChI is InChI=1S/C22H30N2O4/c1-5-27-12-6-11-24-21(25)19(18-9-7-15(2)8-10-18)20(22(24)26)23-13-16(3)28-17(4)14-23/h7-10,16-17H,5-6,11-14H2,1-4H3. The highest BCUT2D eigenvalue weighted by atomic mass is 16.5. The van der Waals surface area contributed by atoms with E-state index >= 15 is 0 Å². The number of ether oxygens (including phenoxy) is 2. The van der Waals surface area contributed by atoms with Crippen LogP contribution in [0.1, 0.15) is 38.3 Å². The molecule has 2 atom stereocenters. The van der Waals surface area contributed by atoms with Gasteiger partial charge in [-0.05, 0) is 39.7 Å². The van der Waals surface area contributed by atoms with Crippen molar-refractivity contribution in [3.8, 4) is 0 Å². The van der Waals surface area contributed by atoms with Crippen molar-refractivity contribution < 1.29 is 19.1 Å². The first-order chi connectivity index (χ1) is 13.4. The SMILES string of the molecule is CCOCCCN1C(=O)C(c2ccc(C)cc2)=C(N2CC(C)OC(C)C2)C1=O. The summed E-state index contributed by atoms with van der Waals surface area (Å²) in [4.78, 5) is 29.9. The molecule has 6 heteroatoms. The Morgan fingerprint density at radius 2 is 1.71 bits per heavy atom. The number of hydrogen-bond donors (Lipinski definition) is 0. The van der Waals surface area contributed by atoms with E-state index in [2.05, 4.69) is 0 Å². The van der Waals surface area contributed by atoms with Crippen molar-refractivity contribution in [2.24, 2.45) is 0 Å². The topological polar surface area (TPSA) is 59.1 Å². The fraction of sp³-hybridized carbons (Fsp3) is 0.545. The number of rotatable bonds is 7. The van der Waals surface area contributed by atoms with Gasteiger partial charge in [0.15, 0.2) is 0 Å². The third kappa shape index (κ3) is 4.28. The van der Waals surface area contributed by atoms with Gasteiger partial charge in [0.2, 0.25) is 0 Å². The number of carbonyl (C=O) groups is 2. The van der Waals surface area contributed by atoms with Crippen LogP contribution in [0.2, 0.25) is 0 Å². The molecule has 2 amide bonds. The molecule has 1 saturated heterocycles. The molecule has 0 aliphatic carbocycles. The summed E-state index contributed by atoms with van der Waals surface area (Å²) in [5, 5.41) is 0. The van der Waals surface area contributed by atoms with Crippen molar-refractivity contribution in [3.63, 3.8) is 0 Å². The summed E-state index contributed by atoms with van der Waals surface area (Å²) in [6.45, 7) is 10.7. The summed E-state index contributed by atoms with van der Waals surface area (Å²) in [6.07, 6.45) is 0.645. The second-order valence-electron chi connectivity index (χ2n) is 7.56. The number of imide groups is 1. The number of amides is 2. The van der Waals surface area contributed by atoms with E-state index in [1.165, 1.54) is 4.90 Å². The minimum atomic E-state index is -0.216. The van der Waals surface area contributed by atoms with Gasteiger partial charge in [-0.1, -0.05) is 29.8 Å². The highest BCUT2D eigenvalue weighted by molar-refractivity contribution is 6.35. The van der Waals surface area contributed by atoms with Crippen LogP contribution in [0.5, 0.6) is 0 Å². The maximum absolute atomic E-state index is 13.3. The summed E-state index contributed by atoms with van der Waals surface area (Å²) in [7, 11) is 0. The van der Waals surface area contributed by atoms with Crippen LogP contribution in [0.25, 0.3) is 5.57 Å². The van der Waals surface area contributed by atoms with E-state index in [4.69, 9.17) is 9.47 Å². The minimum absolute atomic E-state index is 0.00502. The monoisotopic (exact) mass is 386 g/mol. The van der Waals surface area contributed by atoms with Crippen LogP contribution in [0.4, 0.5) is 0 Å². The zero-order valence-corrected chi connectivity index (χ0v) is 17.2. The van der Waals surface area contributed by atoms with E-state index in [1.54, 1.807) is 0 Å². The van der Waals surface area contributed by atoms with Gasteiger partial charge in [-0.3, -0.25) is 14.5 Å². The molecule has 0 bridgehead atoms. The normalized spacial score (nSPS) is 23.1. The number of aryl methyl sites for hydroxylation is 1. The van der Waals surface area contributed by atoms with E-state index in [9.17, 15) is 9.59 Å². The van der Waals surface area contributed by atoms with Gasteiger partial charge < -0.3 is 14.4 Å². The predicted octanol–water partition coefficient (Wildman–Crippen LogP) is 2.61. The molecule has 6 nitrogen and oxygen atoms in total. The van der Waals surface area contributed by atoms with Gasteiger partial charge in [0, 0.05) is 32.8 Å². The lowest BCUT2D eigenvalue weighted by Crippen LogP contribution is -2.47. The van der Waals surface area contributed by atoms with E-state index in [1.807, 2.05) is 56.9 Å². The summed E-state index contributed by atoms with van der Waals surface area (Å²) in [6, 6.07) is 7.79. The molecule has 28 heavy (non-hydrogen) atoms. The van der Waals surface area contributed by atoms with Crippen molar-refractivity contribution >= 4 is 17.4 Å². The van der Waals surface area contributed by atoms with E-state index in [-0.39, 0.29) is 24.0 Å². The molecule has 1 fully saturated rings. The second-order valence-corrected chi connectivity index (χ2v) is 7.56. The molecular formula is C22H30N2O4. The maximum Gasteiger partial charge on any atom is 0.277 e. The van der Waals surface area contributed by atoms with Crippen molar-refractivity contribution in [3.05, 3.63) is 41.1 Å². The molecule has 1 aromatic carbocycles. The first-order valence-electron chi connectivity index (χ1n) is 10.1. The largest absolute Gasteiger partial charge is 0.382 e. The Morgan fingerprint density at radius 3 is 2.32 bits per heavy atom. The van der Waals surface area contributed by atoms with Gasteiger partial charge in [0.05, 0.1) is 17.8 Å². The Bertz CT molecular complexity index is 746. The fourth-order valence-corrected chi connectivity index (χ4v) is 3.87. The molecular weight excluding hydrogens is 356 g/mol. The van der Waals surface area contributed by atoms with Gasteiger partial charge in [-0.25, -0.2) is 0 Å². The second kappa shape index (κ2) is 8.88. The van der Waals surface area contributed by atoms with Crippen LogP contribution < -0.4 is 0 Å². The van der Waals surface area contributed by atoms with Crippen LogP contribution in [0, 0.1) is 6.92 Å². The number of nitrogens with zero attached hydrogens (tertiary/aromatic N) is 2. The molecule has 1 aromatic rings. The Morgan fingerprint density at radius 1 is 1.07 bits per heavy atom. The van der Waals surface area contributed by atoms with Gasteiger partial charge >= 0.3 is 0 Å². The molecule has 0 saturated carbocycles. The first-order valence-corrected chi connectivity index (χ1v) is 10.1. The molecule has 152 valence electrons. The van der Waals surface area contributed by atoms with Crippen molar-refractivity contribution in [2.75, 3.05) is 32.8 Å². The van der Waals surface area contributed by atoms with Crippen LogP contribution in [-0.2, 0) is 19.1 Å². The van der Waals surface area contributed by atoms with Crippen LogP contribution in [0.3, 0.4) is 0 Å². The van der Waals surface area contributed by atoms with Gasteiger partial charge in [0.25, 0.3) is 11.8 Å². The Labute approximate surface area is 167 Å². The zero-order chi connectivity index (χ0) is 20.3. The molecule has 0 aromatic heterocycles. The number of carbonyl (C=O) groups excluding carboxylic acids is 2. The van der Waals surface area contributed by atoms with Gasteiger partial charge in [-0.15, -0.1) is 0 Å². The third-order valence-corrected chi connectivity index (χ3v) is 5.09. The van der Waals surface area contributed by atoms with Gasteiger partial charge in [0.1, 0.15) is 5.70 Å². The Balaban J connectivity index is 1.94. The minimum Gasteiger partial charge on any atom is -0.382 e. The summed E-state index contributed by atoms with van der Waals surface area (Å²) in [5.74, 6) is -0.425. The maximum atomic E-state index is 13.3. The molecule has 3 rings (SSSR count). The van der Waals surface area contributed by atoms with Gasteiger partial charge in [-0.2, -0.15) is 0 Å². The zero-order valence-electron chi connectivity index (χ0n) is 17.2. The van der Waals surface area contributed by atoms with E-state index < -0.39 is 0 Å². The van der Waals surface area contributed by atoms with Crippen LogP contribution in [0.15, 0.2) is 30.0 Å². The molecule has 0 radical (unpaired) electrons. The third-order valence-electron chi connectivity index (χ3n) is 5.09. The van der Waals surface area contributed by atoms with Crippen molar-refractivity contribution in [1.29, 1.82) is 0 Å². The lowest BCUT2D eigenvalue weighted by Gasteiger charge is -2.37. The predicted molar refractivity (Wildman–Crippen MR) is 108 cm³/mol. The molecule has 0 spiro atoms. The summed E-state index contributed by atoms with van der Waals surface area (Å²) < 4.78 is 11.2. The smallest absolute Gasteiger partial charge is 0.277 e. The van der Waals surface area contributed by atoms with Crippen molar-refractivity contribution in [1.82, 2.24) is 9.80 Å². The Kier molecular flexibility index (Phi) is 6.52. The highest BCUT2D eigenvalue weighted by Crippen LogP contribution is 2.33. The first kappa shape index (κ1) is 20.6. The molecule has 2 aliphatic rings. The number of morpholine rings is 1. The molecule has 2 unspecified atom stereocenters. The summed E-state index contributed by atoms with van der Waals surface area (Å²) >= 11 is 0. The lowest BCUT2D eigenvalue weighted by atomic mass is 10.0. The quantitative estimate of drug-likeness (QED) is 0.533. The molecule has 0 N–H and O–H groups in total. The molecule has 2 aliphatic heterocycles. The van der Waals surface area contributed by atoms with Crippen molar-refractivity contribution in [2.45, 2.75) is 46.3 Å². The summed E-state index contributed by atoms with van der Waals surface area (Å²) in [5.41, 5.74) is 2.91. The fourth-order valence-electron chi connectivity index (χ4n) is 3.87. The number of hydrogen-bond acceptors (Lipinski definition) is 5. The average Bonchev–Trinajstić information content (AvgIpc) is 2.89. The van der Waals surface area contributed by atoms with Crippen LogP contribution in [-0.4, -0.2) is 66.7 Å². The van der Waals surface area contributed by atoms with E-state index in [0.717, 1.165) is 11.1 Å². The van der Waals surface area contributed by atoms with Crippen LogP contribution >= 0.6 is 0 Å². The average molecular weight is 386 g/mol. The Hall–Kier alpha value is -2.18.